The molecule has 8 heteroatoms. The molecule has 30 heavy (non-hydrogen) atoms. The average Bonchev–Trinajstić information content (AvgIpc) is 2.85. The van der Waals surface area contributed by atoms with Crippen molar-refractivity contribution in [2.24, 2.45) is 5.92 Å². The van der Waals surface area contributed by atoms with E-state index in [0.717, 1.165) is 0 Å². The first-order valence-corrected chi connectivity index (χ1v) is 10.9. The molecule has 3 heterocycles. The molecule has 0 radical (unpaired) electrons. The molecule has 3 aliphatic rings. The number of piperidine rings is 1. The molecule has 3 aliphatic heterocycles. The van der Waals surface area contributed by atoms with E-state index in [9.17, 15) is 19.5 Å². The summed E-state index contributed by atoms with van der Waals surface area (Å²) in [7, 11) is 0. The number of ketones is 1. The maximum atomic E-state index is 12.7. The van der Waals surface area contributed by atoms with E-state index in [1.54, 1.807) is 28.0 Å². The minimum atomic E-state index is -0.727. The van der Waals surface area contributed by atoms with Gasteiger partial charge in [-0.2, -0.15) is 0 Å². The van der Waals surface area contributed by atoms with E-state index in [2.05, 4.69) is 0 Å². The van der Waals surface area contributed by atoms with Gasteiger partial charge in [-0.3, -0.25) is 14.4 Å². The van der Waals surface area contributed by atoms with Gasteiger partial charge < -0.3 is 19.6 Å². The average molecular weight is 435 g/mol. The zero-order valence-electron chi connectivity index (χ0n) is 17.1. The van der Waals surface area contributed by atoms with Crippen LogP contribution in [0.25, 0.3) is 0 Å². The van der Waals surface area contributed by atoms with Crippen molar-refractivity contribution in [1.82, 2.24) is 9.80 Å². The van der Waals surface area contributed by atoms with Crippen molar-refractivity contribution in [1.29, 1.82) is 0 Å². The van der Waals surface area contributed by atoms with E-state index >= 15 is 0 Å². The molecule has 3 atom stereocenters. The van der Waals surface area contributed by atoms with Crippen LogP contribution in [0.1, 0.15) is 49.4 Å². The highest BCUT2D eigenvalue weighted by Gasteiger charge is 2.43. The predicted molar refractivity (Wildman–Crippen MR) is 111 cm³/mol. The first kappa shape index (κ1) is 21.1. The number of nitrogens with zero attached hydrogens (tertiary/aromatic N) is 2. The van der Waals surface area contributed by atoms with Gasteiger partial charge in [0.05, 0.1) is 24.6 Å². The minimum Gasteiger partial charge on any atom is -0.486 e. The third-order valence-electron chi connectivity index (χ3n) is 6.57. The molecular formula is C22H27ClN2O5. The summed E-state index contributed by atoms with van der Waals surface area (Å²) in [4.78, 5) is 41.5. The lowest BCUT2D eigenvalue weighted by molar-refractivity contribution is -0.142. The Morgan fingerprint density at radius 1 is 1.30 bits per heavy atom. The molecule has 162 valence electrons. The Kier molecular flexibility index (Phi) is 5.77. The van der Waals surface area contributed by atoms with Gasteiger partial charge in [0.2, 0.25) is 11.8 Å². The second-order valence-corrected chi connectivity index (χ2v) is 9.20. The Morgan fingerprint density at radius 3 is 2.87 bits per heavy atom. The molecule has 1 spiro atoms. The summed E-state index contributed by atoms with van der Waals surface area (Å²) >= 11 is 6.00. The lowest BCUT2D eigenvalue weighted by Crippen LogP contribution is -2.49. The van der Waals surface area contributed by atoms with Crippen molar-refractivity contribution in [2.75, 3.05) is 26.2 Å². The van der Waals surface area contributed by atoms with E-state index in [0.29, 0.717) is 55.2 Å². The summed E-state index contributed by atoms with van der Waals surface area (Å²) in [5.74, 6) is 0.313. The number of aliphatic hydroxyl groups is 1. The second-order valence-electron chi connectivity index (χ2n) is 8.76. The number of fused-ring (bicyclic) bond motifs is 1. The summed E-state index contributed by atoms with van der Waals surface area (Å²) in [6.07, 6.45) is 1.55. The van der Waals surface area contributed by atoms with Gasteiger partial charge in [-0.05, 0) is 37.0 Å². The SMILES string of the molecule is C[C@H]1CN(C(=O)CN2CC[C@@]3(CCC2=O)CC(=O)c2cc(Cl)ccc2O3)CC[C@@H]1O. The number of rotatable bonds is 2. The van der Waals surface area contributed by atoms with Gasteiger partial charge in [0.25, 0.3) is 0 Å². The normalized spacial score (nSPS) is 29.4. The van der Waals surface area contributed by atoms with Crippen LogP contribution >= 0.6 is 11.6 Å². The van der Waals surface area contributed by atoms with Gasteiger partial charge >= 0.3 is 0 Å². The molecule has 0 aliphatic carbocycles. The van der Waals surface area contributed by atoms with Crippen molar-refractivity contribution in [3.8, 4) is 5.75 Å². The van der Waals surface area contributed by atoms with Crippen LogP contribution in [0, 0.1) is 5.92 Å². The van der Waals surface area contributed by atoms with Crippen LogP contribution in [0.15, 0.2) is 18.2 Å². The summed E-state index contributed by atoms with van der Waals surface area (Å²) in [6, 6.07) is 5.02. The standard InChI is InChI=1S/C22H27ClN2O5/c1-14-12-24(8-5-17(14)26)21(29)13-25-9-7-22(6-4-20(25)28)11-18(27)16-10-15(23)2-3-19(16)30-22/h2-3,10,14,17,26H,4-9,11-13H2,1H3/t14-,17-,22-/m0/s1. The maximum Gasteiger partial charge on any atom is 0.242 e. The molecule has 1 aromatic rings. The number of Topliss-reactive ketones (excluding diaryl/α,β-unsaturated/α-hetero) is 1. The van der Waals surface area contributed by atoms with Gasteiger partial charge in [0.15, 0.2) is 5.78 Å². The van der Waals surface area contributed by atoms with E-state index in [-0.39, 0.29) is 49.0 Å². The highest BCUT2D eigenvalue weighted by Crippen LogP contribution is 2.40. The van der Waals surface area contributed by atoms with E-state index in [1.807, 2.05) is 6.92 Å². The first-order chi connectivity index (χ1) is 14.3. The smallest absolute Gasteiger partial charge is 0.242 e. The van der Waals surface area contributed by atoms with E-state index < -0.39 is 5.60 Å². The fourth-order valence-corrected chi connectivity index (χ4v) is 4.79. The quantitative estimate of drug-likeness (QED) is 0.771. The molecule has 1 N–H and O–H groups in total. The highest BCUT2D eigenvalue weighted by atomic mass is 35.5. The lowest BCUT2D eigenvalue weighted by Gasteiger charge is -2.37. The van der Waals surface area contributed by atoms with Crippen molar-refractivity contribution in [3.05, 3.63) is 28.8 Å². The fourth-order valence-electron chi connectivity index (χ4n) is 4.62. The highest BCUT2D eigenvalue weighted by molar-refractivity contribution is 6.31. The summed E-state index contributed by atoms with van der Waals surface area (Å²) in [6.45, 7) is 3.33. The maximum absolute atomic E-state index is 12.7. The van der Waals surface area contributed by atoms with Gasteiger partial charge in [-0.1, -0.05) is 18.5 Å². The predicted octanol–water partition coefficient (Wildman–Crippen LogP) is 2.29. The van der Waals surface area contributed by atoms with E-state index in [1.165, 1.54) is 0 Å². The van der Waals surface area contributed by atoms with Gasteiger partial charge in [-0.15, -0.1) is 0 Å². The molecule has 4 rings (SSSR count). The number of hydrogen-bond donors (Lipinski definition) is 1. The number of aliphatic hydroxyl groups excluding tert-OH is 1. The summed E-state index contributed by atoms with van der Waals surface area (Å²) < 4.78 is 6.23. The van der Waals surface area contributed by atoms with Crippen LogP contribution in [0.2, 0.25) is 5.02 Å². The minimum absolute atomic E-state index is 0.0257. The van der Waals surface area contributed by atoms with Gasteiger partial charge in [0.1, 0.15) is 11.4 Å². The fraction of sp³-hybridized carbons (Fsp3) is 0.591. The van der Waals surface area contributed by atoms with E-state index in [4.69, 9.17) is 16.3 Å². The van der Waals surface area contributed by atoms with Crippen LogP contribution in [0.5, 0.6) is 5.75 Å². The number of halogens is 1. The van der Waals surface area contributed by atoms with Crippen LogP contribution in [0.3, 0.4) is 0 Å². The van der Waals surface area contributed by atoms with Gasteiger partial charge in [-0.25, -0.2) is 0 Å². The molecule has 2 fully saturated rings. The Hall–Kier alpha value is -2.12. The monoisotopic (exact) mass is 434 g/mol. The summed E-state index contributed by atoms with van der Waals surface area (Å²) in [5.41, 5.74) is -0.244. The van der Waals surface area contributed by atoms with Crippen LogP contribution < -0.4 is 4.74 Å². The third-order valence-corrected chi connectivity index (χ3v) is 6.81. The topological polar surface area (TPSA) is 87.2 Å². The second kappa shape index (κ2) is 8.19. The Bertz CT molecular complexity index is 875. The largest absolute Gasteiger partial charge is 0.486 e. The molecular weight excluding hydrogens is 408 g/mol. The molecule has 0 aromatic heterocycles. The number of carbonyl (C=O) groups is 3. The number of amides is 2. The number of hydrogen-bond acceptors (Lipinski definition) is 5. The van der Waals surface area contributed by atoms with Crippen molar-refractivity contribution in [3.63, 3.8) is 0 Å². The molecule has 0 unspecified atom stereocenters. The van der Waals surface area contributed by atoms with Crippen LogP contribution in [-0.2, 0) is 9.59 Å². The Labute approximate surface area is 180 Å². The zero-order chi connectivity index (χ0) is 21.5. The van der Waals surface area contributed by atoms with Gasteiger partial charge in [0, 0.05) is 37.5 Å². The van der Waals surface area contributed by atoms with Crippen LogP contribution in [-0.4, -0.2) is 70.4 Å². The van der Waals surface area contributed by atoms with Crippen molar-refractivity contribution in [2.45, 2.75) is 50.7 Å². The molecule has 7 nitrogen and oxygen atoms in total. The van der Waals surface area contributed by atoms with Crippen molar-refractivity contribution < 1.29 is 24.2 Å². The van der Waals surface area contributed by atoms with Crippen molar-refractivity contribution >= 4 is 29.2 Å². The number of carbonyl (C=O) groups excluding carboxylic acids is 3. The zero-order valence-corrected chi connectivity index (χ0v) is 17.9. The Morgan fingerprint density at radius 2 is 2.10 bits per heavy atom. The van der Waals surface area contributed by atoms with Crippen LogP contribution in [0.4, 0.5) is 0 Å². The Balaban J connectivity index is 1.43. The third kappa shape index (κ3) is 4.18. The molecule has 2 saturated heterocycles. The molecule has 0 saturated carbocycles. The number of benzene rings is 1. The molecule has 0 bridgehead atoms. The summed E-state index contributed by atoms with van der Waals surface area (Å²) in [5, 5.41) is 10.4. The molecule has 2 amide bonds. The number of ether oxygens (including phenoxy) is 1. The first-order valence-electron chi connectivity index (χ1n) is 10.5. The lowest BCUT2D eigenvalue weighted by atomic mass is 9.84. The molecule has 1 aromatic carbocycles. The number of likely N-dealkylation sites (tertiary alicyclic amines) is 2.